The Morgan fingerprint density at radius 3 is 1.59 bits per heavy atom. The van der Waals surface area contributed by atoms with Gasteiger partial charge >= 0.3 is 0 Å². The van der Waals surface area contributed by atoms with Crippen LogP contribution in [0.4, 0.5) is 17.1 Å². The first-order valence-electron chi connectivity index (χ1n) is 19.3. The van der Waals surface area contributed by atoms with Crippen LogP contribution in [0.25, 0.3) is 72.5 Å². The molecule has 0 atom stereocenters. The summed E-state index contributed by atoms with van der Waals surface area (Å²) in [4.78, 5) is 12.2. The zero-order valence-electron chi connectivity index (χ0n) is 31.4. The molecule has 0 bridgehead atoms. The minimum Gasteiger partial charge on any atom is -0.310 e. The summed E-state index contributed by atoms with van der Waals surface area (Å²) in [6.45, 7) is 0. The number of hydrogen-bond acceptors (Lipinski definition) is 4. The van der Waals surface area contributed by atoms with Crippen LogP contribution < -0.4 is 4.90 Å². The van der Waals surface area contributed by atoms with Gasteiger partial charge in [-0.25, -0.2) is 9.97 Å². The fourth-order valence-corrected chi connectivity index (χ4v) is 7.86. The SMILES string of the molecule is N#Cc1ccccc1-c1nc(-c2ccccc2)cc(-c2ccc(-c3ccc(-n4c5ccccc5c5cc(N(c6ccccc6)c6ccccc6)ccc54)cc3)cc2)n1. The van der Waals surface area contributed by atoms with Crippen LogP contribution in [0.2, 0.25) is 0 Å². The zero-order chi connectivity index (χ0) is 38.8. The van der Waals surface area contributed by atoms with Crippen molar-refractivity contribution in [2.24, 2.45) is 0 Å². The van der Waals surface area contributed by atoms with Crippen molar-refractivity contribution in [3.05, 3.63) is 218 Å². The second-order valence-corrected chi connectivity index (χ2v) is 14.2. The van der Waals surface area contributed by atoms with Gasteiger partial charge < -0.3 is 9.47 Å². The number of nitrogens with zero attached hydrogens (tertiary/aromatic N) is 5. The van der Waals surface area contributed by atoms with Gasteiger partial charge in [-0.2, -0.15) is 5.26 Å². The summed E-state index contributed by atoms with van der Waals surface area (Å²) in [5.74, 6) is 0.527. The molecule has 10 rings (SSSR count). The van der Waals surface area contributed by atoms with Gasteiger partial charge in [-0.1, -0.05) is 133 Å². The fourth-order valence-electron chi connectivity index (χ4n) is 7.86. The highest BCUT2D eigenvalue weighted by Crippen LogP contribution is 2.40. The second kappa shape index (κ2) is 14.9. The number of para-hydroxylation sites is 3. The van der Waals surface area contributed by atoms with Crippen molar-refractivity contribution in [3.63, 3.8) is 0 Å². The molecule has 0 aliphatic rings. The van der Waals surface area contributed by atoms with Gasteiger partial charge in [0, 0.05) is 50.2 Å². The molecule has 2 heterocycles. The van der Waals surface area contributed by atoms with Gasteiger partial charge in [0.15, 0.2) is 5.82 Å². The first kappa shape index (κ1) is 34.4. The van der Waals surface area contributed by atoms with Crippen molar-refractivity contribution in [3.8, 4) is 56.8 Å². The van der Waals surface area contributed by atoms with Gasteiger partial charge in [-0.05, 0) is 90.0 Å². The van der Waals surface area contributed by atoms with Crippen molar-refractivity contribution < 1.29 is 0 Å². The van der Waals surface area contributed by atoms with Crippen molar-refractivity contribution >= 4 is 38.9 Å². The van der Waals surface area contributed by atoms with Crippen LogP contribution in [0, 0.1) is 11.3 Å². The zero-order valence-corrected chi connectivity index (χ0v) is 31.4. The van der Waals surface area contributed by atoms with E-state index in [1.165, 1.54) is 10.8 Å². The third kappa shape index (κ3) is 6.35. The maximum atomic E-state index is 9.85. The summed E-state index contributed by atoms with van der Waals surface area (Å²) in [6, 6.07) is 75.7. The number of rotatable bonds is 8. The van der Waals surface area contributed by atoms with Crippen LogP contribution in [0.15, 0.2) is 212 Å². The summed E-state index contributed by atoms with van der Waals surface area (Å²) in [5, 5.41) is 12.3. The topological polar surface area (TPSA) is 57.7 Å². The van der Waals surface area contributed by atoms with Gasteiger partial charge in [0.25, 0.3) is 0 Å². The molecule has 0 fully saturated rings. The highest BCUT2D eigenvalue weighted by atomic mass is 15.1. The van der Waals surface area contributed by atoms with E-state index < -0.39 is 0 Å². The lowest BCUT2D eigenvalue weighted by molar-refractivity contribution is 1.18. The molecule has 0 spiro atoms. The average molecular weight is 742 g/mol. The van der Waals surface area contributed by atoms with Crippen molar-refractivity contribution in [2.75, 3.05) is 4.90 Å². The molecule has 0 aliphatic carbocycles. The molecular weight excluding hydrogens is 707 g/mol. The number of benzene rings is 8. The van der Waals surface area contributed by atoms with Crippen LogP contribution in [-0.2, 0) is 0 Å². The lowest BCUT2D eigenvalue weighted by atomic mass is 10.0. The summed E-state index contributed by atoms with van der Waals surface area (Å²) in [5.41, 5.74) is 13.8. The van der Waals surface area contributed by atoms with E-state index in [-0.39, 0.29) is 0 Å². The molecule has 0 N–H and O–H groups in total. The summed E-state index contributed by atoms with van der Waals surface area (Å²) < 4.78 is 2.36. The molecule has 10 aromatic rings. The second-order valence-electron chi connectivity index (χ2n) is 14.2. The van der Waals surface area contributed by atoms with Crippen LogP contribution in [-0.4, -0.2) is 14.5 Å². The Kier molecular flexibility index (Phi) is 8.83. The molecular formula is C53H35N5. The summed E-state index contributed by atoms with van der Waals surface area (Å²) in [6.07, 6.45) is 0. The van der Waals surface area contributed by atoms with E-state index in [9.17, 15) is 5.26 Å². The minimum absolute atomic E-state index is 0.527. The van der Waals surface area contributed by atoms with Gasteiger partial charge in [0.05, 0.1) is 34.1 Å². The third-order valence-electron chi connectivity index (χ3n) is 10.7. The Morgan fingerprint density at radius 2 is 0.931 bits per heavy atom. The molecule has 0 radical (unpaired) electrons. The molecule has 5 nitrogen and oxygen atoms in total. The van der Waals surface area contributed by atoms with E-state index in [2.05, 4.69) is 167 Å². The van der Waals surface area contributed by atoms with Crippen LogP contribution in [0.1, 0.15) is 5.56 Å². The van der Waals surface area contributed by atoms with E-state index in [0.717, 1.165) is 67.4 Å². The van der Waals surface area contributed by atoms with Gasteiger partial charge in [-0.3, -0.25) is 0 Å². The lowest BCUT2D eigenvalue weighted by Crippen LogP contribution is -2.09. The van der Waals surface area contributed by atoms with E-state index in [4.69, 9.17) is 9.97 Å². The average Bonchev–Trinajstić information content (AvgIpc) is 3.64. The van der Waals surface area contributed by atoms with Crippen LogP contribution in [0.5, 0.6) is 0 Å². The number of fused-ring (bicyclic) bond motifs is 3. The first-order valence-corrected chi connectivity index (χ1v) is 19.3. The quantitative estimate of drug-likeness (QED) is 0.156. The molecule has 0 saturated carbocycles. The number of hydrogen-bond donors (Lipinski definition) is 0. The van der Waals surface area contributed by atoms with Crippen molar-refractivity contribution in [1.82, 2.24) is 14.5 Å². The van der Waals surface area contributed by atoms with E-state index in [1.54, 1.807) is 6.07 Å². The van der Waals surface area contributed by atoms with E-state index in [1.807, 2.05) is 54.6 Å². The van der Waals surface area contributed by atoms with Crippen molar-refractivity contribution in [1.29, 1.82) is 5.26 Å². The molecule has 0 amide bonds. The summed E-state index contributed by atoms with van der Waals surface area (Å²) >= 11 is 0. The molecule has 0 saturated heterocycles. The lowest BCUT2D eigenvalue weighted by Gasteiger charge is -2.25. The van der Waals surface area contributed by atoms with Crippen molar-refractivity contribution in [2.45, 2.75) is 0 Å². The third-order valence-corrected chi connectivity index (χ3v) is 10.7. The fraction of sp³-hybridized carbons (Fsp3) is 0. The highest BCUT2D eigenvalue weighted by Gasteiger charge is 2.18. The Labute approximate surface area is 337 Å². The largest absolute Gasteiger partial charge is 0.310 e. The first-order chi connectivity index (χ1) is 28.7. The number of aromatic nitrogens is 3. The number of anilines is 3. The Hall–Kier alpha value is -8.07. The van der Waals surface area contributed by atoms with Gasteiger partial charge in [-0.15, -0.1) is 0 Å². The van der Waals surface area contributed by atoms with Gasteiger partial charge in [0.1, 0.15) is 0 Å². The minimum atomic E-state index is 0.527. The maximum Gasteiger partial charge on any atom is 0.161 e. The molecule has 5 heteroatoms. The standard InChI is InChI=1S/C53H35N5/c54-36-41-16-10-11-21-46(41)53-55-49(39-14-4-1-5-15-39)35-50(56-53)40-26-24-37(25-27-40)38-28-30-44(31-29-38)58-51-23-13-12-22-47(51)48-34-45(32-33-52(48)58)57(42-17-6-2-7-18-42)43-19-8-3-9-20-43/h1-35H. The molecule has 8 aromatic carbocycles. The predicted octanol–water partition coefficient (Wildman–Crippen LogP) is 13.6. The molecule has 2 aromatic heterocycles. The normalized spacial score (nSPS) is 11.1. The van der Waals surface area contributed by atoms with E-state index >= 15 is 0 Å². The maximum absolute atomic E-state index is 9.85. The Morgan fingerprint density at radius 1 is 0.414 bits per heavy atom. The van der Waals surface area contributed by atoms with Crippen LogP contribution in [0.3, 0.4) is 0 Å². The highest BCUT2D eigenvalue weighted by molar-refractivity contribution is 6.10. The molecule has 58 heavy (non-hydrogen) atoms. The summed E-state index contributed by atoms with van der Waals surface area (Å²) in [7, 11) is 0. The van der Waals surface area contributed by atoms with Crippen LogP contribution >= 0.6 is 0 Å². The van der Waals surface area contributed by atoms with Gasteiger partial charge in [0.2, 0.25) is 0 Å². The number of nitriles is 1. The molecule has 272 valence electrons. The Balaban J connectivity index is 0.996. The van der Waals surface area contributed by atoms with E-state index in [0.29, 0.717) is 17.0 Å². The Bertz CT molecular complexity index is 3050. The smallest absolute Gasteiger partial charge is 0.161 e. The predicted molar refractivity (Wildman–Crippen MR) is 238 cm³/mol. The molecule has 0 aliphatic heterocycles. The monoisotopic (exact) mass is 741 g/mol. The molecule has 0 unspecified atom stereocenters.